The molecule has 3 nitrogen and oxygen atoms in total. The van der Waals surface area contributed by atoms with Gasteiger partial charge >= 0.3 is 0 Å². The van der Waals surface area contributed by atoms with E-state index in [-0.39, 0.29) is 0 Å². The van der Waals surface area contributed by atoms with E-state index in [1.54, 1.807) is 0 Å². The molecule has 1 unspecified atom stereocenters. The van der Waals surface area contributed by atoms with Crippen molar-refractivity contribution in [1.29, 1.82) is 0 Å². The number of hydrogen-bond donors (Lipinski definition) is 1. The summed E-state index contributed by atoms with van der Waals surface area (Å²) in [6.45, 7) is 6.12. The monoisotopic (exact) mass is 276 g/mol. The zero-order chi connectivity index (χ0) is 14.2. The lowest BCUT2D eigenvalue weighted by molar-refractivity contribution is 0.192. The minimum atomic E-state index is 0.572. The molecule has 20 heavy (non-hydrogen) atoms. The summed E-state index contributed by atoms with van der Waals surface area (Å²) in [6, 6.07) is 8.82. The van der Waals surface area contributed by atoms with Gasteiger partial charge in [-0.05, 0) is 50.4 Å². The molecule has 112 valence electrons. The highest BCUT2D eigenvalue weighted by Crippen LogP contribution is 2.17. The molecule has 0 aromatic heterocycles. The van der Waals surface area contributed by atoms with Crippen LogP contribution in [-0.4, -0.2) is 30.6 Å². The van der Waals surface area contributed by atoms with Gasteiger partial charge in [0, 0.05) is 19.1 Å². The molecule has 3 heteroatoms. The summed E-state index contributed by atoms with van der Waals surface area (Å²) in [5.74, 6) is 0.942. The van der Waals surface area contributed by atoms with Crippen molar-refractivity contribution in [3.05, 3.63) is 29.8 Å². The highest BCUT2D eigenvalue weighted by Gasteiger charge is 2.15. The molecule has 0 radical (unpaired) electrons. The van der Waals surface area contributed by atoms with E-state index >= 15 is 0 Å². The second-order valence-corrected chi connectivity index (χ2v) is 5.79. The minimum absolute atomic E-state index is 0.572. The fraction of sp³-hybridized carbons (Fsp3) is 0.647. The molecule has 1 fully saturated rings. The predicted octanol–water partition coefficient (Wildman–Crippen LogP) is 3.18. The van der Waals surface area contributed by atoms with Gasteiger partial charge in [0.2, 0.25) is 0 Å². The van der Waals surface area contributed by atoms with Crippen LogP contribution in [0.4, 0.5) is 0 Å². The van der Waals surface area contributed by atoms with Crippen LogP contribution < -0.4 is 10.5 Å². The van der Waals surface area contributed by atoms with Gasteiger partial charge in [0.25, 0.3) is 0 Å². The Balaban J connectivity index is 1.70. The Morgan fingerprint density at radius 1 is 1.30 bits per heavy atom. The van der Waals surface area contributed by atoms with Crippen molar-refractivity contribution in [2.75, 3.05) is 19.7 Å². The Morgan fingerprint density at radius 3 is 3.05 bits per heavy atom. The highest BCUT2D eigenvalue weighted by molar-refractivity contribution is 5.28. The molecule has 2 N–H and O–H groups in total. The summed E-state index contributed by atoms with van der Waals surface area (Å²) in [6.07, 6.45) is 6.57. The molecule has 1 atom stereocenters. The van der Waals surface area contributed by atoms with E-state index in [0.29, 0.717) is 6.54 Å². The van der Waals surface area contributed by atoms with E-state index in [0.717, 1.165) is 36.9 Å². The van der Waals surface area contributed by atoms with E-state index in [2.05, 4.69) is 11.8 Å². The Kier molecular flexibility index (Phi) is 6.34. The summed E-state index contributed by atoms with van der Waals surface area (Å²) < 4.78 is 5.82. The number of hydrogen-bond acceptors (Lipinski definition) is 3. The van der Waals surface area contributed by atoms with Gasteiger partial charge in [-0.15, -0.1) is 0 Å². The summed E-state index contributed by atoms with van der Waals surface area (Å²) in [5.41, 5.74) is 6.77. The minimum Gasteiger partial charge on any atom is -0.494 e. The molecule has 0 bridgehead atoms. The summed E-state index contributed by atoms with van der Waals surface area (Å²) in [4.78, 5) is 2.62. The predicted molar refractivity (Wildman–Crippen MR) is 83.9 cm³/mol. The number of nitrogens with two attached hydrogens (primary N) is 1. The van der Waals surface area contributed by atoms with Crippen molar-refractivity contribution < 1.29 is 4.74 Å². The smallest absolute Gasteiger partial charge is 0.119 e. The van der Waals surface area contributed by atoms with Gasteiger partial charge in [0.05, 0.1) is 6.61 Å². The van der Waals surface area contributed by atoms with Crippen molar-refractivity contribution in [2.45, 2.75) is 51.6 Å². The summed E-state index contributed by atoms with van der Waals surface area (Å²) in [7, 11) is 0. The average molecular weight is 276 g/mol. The van der Waals surface area contributed by atoms with E-state index in [1.165, 1.54) is 32.2 Å². The standard InChI is InChI=1S/C17H28N2O/c1-15-7-3-2-4-10-19(15)11-6-12-20-17-9-5-8-16(13-17)14-18/h5,8-9,13,15H,2-4,6-7,10-12,14,18H2,1H3. The van der Waals surface area contributed by atoms with Gasteiger partial charge in [-0.3, -0.25) is 0 Å². The largest absolute Gasteiger partial charge is 0.494 e. The van der Waals surface area contributed by atoms with Crippen LogP contribution in [-0.2, 0) is 6.54 Å². The molecule has 1 saturated heterocycles. The third-order valence-corrected chi connectivity index (χ3v) is 4.18. The van der Waals surface area contributed by atoms with Gasteiger partial charge in [0.1, 0.15) is 5.75 Å². The molecule has 1 heterocycles. The second-order valence-electron chi connectivity index (χ2n) is 5.79. The third kappa shape index (κ3) is 4.80. The quantitative estimate of drug-likeness (QED) is 0.811. The van der Waals surface area contributed by atoms with Crippen molar-refractivity contribution in [2.24, 2.45) is 5.73 Å². The van der Waals surface area contributed by atoms with Crippen LogP contribution in [0.3, 0.4) is 0 Å². The molecule has 1 aromatic rings. The Labute approximate surface area is 123 Å². The molecule has 1 aromatic carbocycles. The Bertz CT molecular complexity index is 394. The van der Waals surface area contributed by atoms with Crippen molar-refractivity contribution >= 4 is 0 Å². The van der Waals surface area contributed by atoms with Crippen LogP contribution in [0, 0.1) is 0 Å². The summed E-state index contributed by atoms with van der Waals surface area (Å²) >= 11 is 0. The molecule has 2 rings (SSSR count). The Morgan fingerprint density at radius 2 is 2.20 bits per heavy atom. The third-order valence-electron chi connectivity index (χ3n) is 4.18. The molecule has 0 spiro atoms. The molecule has 1 aliphatic rings. The lowest BCUT2D eigenvalue weighted by Crippen LogP contribution is -2.34. The maximum absolute atomic E-state index is 5.82. The lowest BCUT2D eigenvalue weighted by atomic mass is 10.1. The van der Waals surface area contributed by atoms with Gasteiger partial charge in [-0.1, -0.05) is 25.0 Å². The topological polar surface area (TPSA) is 38.5 Å². The first kappa shape index (κ1) is 15.3. The highest BCUT2D eigenvalue weighted by atomic mass is 16.5. The molecule has 0 aliphatic carbocycles. The van der Waals surface area contributed by atoms with Crippen molar-refractivity contribution in [1.82, 2.24) is 4.90 Å². The van der Waals surface area contributed by atoms with Crippen LogP contribution in [0.25, 0.3) is 0 Å². The normalized spacial score (nSPS) is 20.6. The van der Waals surface area contributed by atoms with Crippen molar-refractivity contribution in [3.63, 3.8) is 0 Å². The first-order valence-electron chi connectivity index (χ1n) is 7.95. The van der Waals surface area contributed by atoms with Crippen LogP contribution in [0.15, 0.2) is 24.3 Å². The maximum Gasteiger partial charge on any atom is 0.119 e. The second kappa shape index (κ2) is 8.28. The molecule has 1 aliphatic heterocycles. The zero-order valence-electron chi connectivity index (χ0n) is 12.7. The fourth-order valence-electron chi connectivity index (χ4n) is 2.89. The van der Waals surface area contributed by atoms with Crippen molar-refractivity contribution in [3.8, 4) is 5.75 Å². The van der Waals surface area contributed by atoms with E-state index in [4.69, 9.17) is 10.5 Å². The van der Waals surface area contributed by atoms with Gasteiger partial charge < -0.3 is 15.4 Å². The average Bonchev–Trinajstić information content (AvgIpc) is 2.69. The number of likely N-dealkylation sites (tertiary alicyclic amines) is 1. The van der Waals surface area contributed by atoms with E-state index in [1.807, 2.05) is 24.3 Å². The first-order chi connectivity index (χ1) is 9.79. The molecule has 0 saturated carbocycles. The van der Waals surface area contributed by atoms with E-state index in [9.17, 15) is 0 Å². The van der Waals surface area contributed by atoms with Gasteiger partial charge in [0.15, 0.2) is 0 Å². The van der Waals surface area contributed by atoms with Gasteiger partial charge in [-0.2, -0.15) is 0 Å². The van der Waals surface area contributed by atoms with Crippen LogP contribution in [0.1, 0.15) is 44.6 Å². The first-order valence-corrected chi connectivity index (χ1v) is 7.95. The number of ether oxygens (including phenoxy) is 1. The zero-order valence-corrected chi connectivity index (χ0v) is 12.7. The number of nitrogens with zero attached hydrogens (tertiary/aromatic N) is 1. The maximum atomic E-state index is 5.82. The van der Waals surface area contributed by atoms with Gasteiger partial charge in [-0.25, -0.2) is 0 Å². The fourth-order valence-corrected chi connectivity index (χ4v) is 2.89. The SMILES string of the molecule is CC1CCCCCN1CCCOc1cccc(CN)c1. The molecule has 0 amide bonds. The molecular formula is C17H28N2O. The summed E-state index contributed by atoms with van der Waals surface area (Å²) in [5, 5.41) is 0. The number of benzene rings is 1. The van der Waals surface area contributed by atoms with E-state index < -0.39 is 0 Å². The number of rotatable bonds is 6. The lowest BCUT2D eigenvalue weighted by Gasteiger charge is -2.26. The Hall–Kier alpha value is -1.06. The molecular weight excluding hydrogens is 248 g/mol. The van der Waals surface area contributed by atoms with Crippen LogP contribution in [0.5, 0.6) is 5.75 Å². The van der Waals surface area contributed by atoms with Crippen LogP contribution in [0.2, 0.25) is 0 Å². The van der Waals surface area contributed by atoms with Crippen LogP contribution >= 0.6 is 0 Å².